The van der Waals surface area contributed by atoms with Gasteiger partial charge in [0.05, 0.1) is 31.0 Å². The van der Waals surface area contributed by atoms with Gasteiger partial charge in [0.2, 0.25) is 0 Å². The zero-order valence-electron chi connectivity index (χ0n) is 32.9. The SMILES string of the molecule is COc1cc(C)cc2c(C3=C(O)C=C(O)[C@@H]4[C@@H]3C[C@@H](C)N[C@@H]4C)cc(-c3cc(-c4c(O)c(O)cc5c4C[C@@H](C)N=C5C)c4cc(C)cc(OC)c4c3O)c(O)c12. The quantitative estimate of drug-likeness (QED) is 0.0866. The van der Waals surface area contributed by atoms with E-state index in [-0.39, 0.29) is 75.6 Å². The first-order valence-corrected chi connectivity index (χ1v) is 19.0. The van der Waals surface area contributed by atoms with Crippen LogP contribution < -0.4 is 14.8 Å². The third-order valence-corrected chi connectivity index (χ3v) is 12.0. The third-order valence-electron chi connectivity index (χ3n) is 12.0. The fourth-order valence-corrected chi connectivity index (χ4v) is 9.79. The lowest BCUT2D eigenvalue weighted by Gasteiger charge is -2.43. The second kappa shape index (κ2) is 13.4. The lowest BCUT2D eigenvalue weighted by Crippen LogP contribution is -2.50. The van der Waals surface area contributed by atoms with Crippen molar-refractivity contribution in [3.8, 4) is 56.8 Å². The van der Waals surface area contributed by atoms with Gasteiger partial charge in [-0.15, -0.1) is 0 Å². The number of fused-ring (bicyclic) bond motifs is 4. The predicted molar refractivity (Wildman–Crippen MR) is 221 cm³/mol. The topological polar surface area (TPSA) is 164 Å². The van der Waals surface area contributed by atoms with Crippen LogP contribution in [-0.2, 0) is 6.42 Å². The van der Waals surface area contributed by atoms with Crippen LogP contribution in [0, 0.1) is 25.7 Å². The van der Waals surface area contributed by atoms with Gasteiger partial charge in [-0.1, -0.05) is 12.1 Å². The van der Waals surface area contributed by atoms with E-state index >= 15 is 0 Å². The Balaban J connectivity index is 1.53. The van der Waals surface area contributed by atoms with Gasteiger partial charge in [0, 0.05) is 63.5 Å². The minimum absolute atomic E-state index is 0.0773. The smallest absolute Gasteiger partial charge is 0.165 e. The molecule has 0 radical (unpaired) electrons. The number of hydrogen-bond acceptors (Lipinski definition) is 10. The molecule has 2 heterocycles. The Labute approximate surface area is 325 Å². The molecule has 5 aromatic carbocycles. The summed E-state index contributed by atoms with van der Waals surface area (Å²) in [5.41, 5.74) is 6.53. The predicted octanol–water partition coefficient (Wildman–Crippen LogP) is 9.26. The van der Waals surface area contributed by atoms with Crippen LogP contribution in [0.5, 0.6) is 34.5 Å². The Morgan fingerprint density at radius 2 is 1.25 bits per heavy atom. The number of aliphatic hydroxyl groups is 2. The highest BCUT2D eigenvalue weighted by atomic mass is 16.5. The van der Waals surface area contributed by atoms with E-state index in [0.717, 1.165) is 22.4 Å². The molecule has 1 saturated heterocycles. The number of methoxy groups -OCH3 is 2. The number of aromatic hydroxyl groups is 4. The summed E-state index contributed by atoms with van der Waals surface area (Å²) < 4.78 is 11.8. The molecule has 5 aromatic rings. The number of phenols is 4. The van der Waals surface area contributed by atoms with E-state index in [1.165, 1.54) is 26.4 Å². The van der Waals surface area contributed by atoms with Gasteiger partial charge in [0.1, 0.15) is 34.5 Å². The third kappa shape index (κ3) is 5.60. The van der Waals surface area contributed by atoms with Gasteiger partial charge in [0.25, 0.3) is 0 Å². The van der Waals surface area contributed by atoms with Crippen LogP contribution in [0.25, 0.3) is 49.4 Å². The molecular weight excluding hydrogens is 709 g/mol. The monoisotopic (exact) mass is 756 g/mol. The zero-order chi connectivity index (χ0) is 40.1. The molecule has 0 aromatic heterocycles. The second-order valence-electron chi connectivity index (χ2n) is 15.9. The molecule has 0 unspecified atom stereocenters. The standard InChI is InChI=1S/C46H48N2O8/c1-19-9-26-29(40-33-14-22(4)48-24(6)39(33)34(49)18-35(40)50)15-31(44(52)42(26)37(11-19)55-7)32-16-30(27-10-20(2)12-38(56-8)43(27)45(32)53)41-28-13-21(3)47-23(5)25(28)17-36(51)46(41)54/h9-12,15-18,21-22,24,33,39,48-54H,13-14H2,1-8H3/t21-,22-,24-,33+,39+/m1/s1. The van der Waals surface area contributed by atoms with Crippen LogP contribution in [-0.4, -0.2) is 68.7 Å². The van der Waals surface area contributed by atoms with Gasteiger partial charge in [-0.2, -0.15) is 0 Å². The lowest BCUT2D eigenvalue weighted by molar-refractivity contribution is 0.171. The molecule has 56 heavy (non-hydrogen) atoms. The van der Waals surface area contributed by atoms with E-state index in [2.05, 4.69) is 12.2 Å². The number of aliphatic hydroxyl groups excluding tert-OH is 2. The molecule has 3 aliphatic rings. The number of aryl methyl sites for hydroxylation is 2. The second-order valence-corrected chi connectivity index (χ2v) is 15.9. The molecule has 10 nitrogen and oxygen atoms in total. The van der Waals surface area contributed by atoms with Crippen molar-refractivity contribution in [3.63, 3.8) is 0 Å². The molecule has 5 atom stereocenters. The average molecular weight is 757 g/mol. The summed E-state index contributed by atoms with van der Waals surface area (Å²) >= 11 is 0. The van der Waals surface area contributed by atoms with Gasteiger partial charge < -0.3 is 45.4 Å². The van der Waals surface area contributed by atoms with Crippen molar-refractivity contribution in [2.24, 2.45) is 16.8 Å². The first kappa shape index (κ1) is 37.1. The number of nitrogens with zero attached hydrogens (tertiary/aromatic N) is 1. The van der Waals surface area contributed by atoms with E-state index in [0.29, 0.717) is 73.7 Å². The first-order valence-electron chi connectivity index (χ1n) is 19.0. The van der Waals surface area contributed by atoms with Gasteiger partial charge in [-0.05, 0) is 123 Å². The number of piperidine rings is 1. The summed E-state index contributed by atoms with van der Waals surface area (Å²) in [4.78, 5) is 4.75. The Kier molecular flexibility index (Phi) is 8.88. The molecule has 0 amide bonds. The van der Waals surface area contributed by atoms with Gasteiger partial charge in [-0.3, -0.25) is 4.99 Å². The minimum atomic E-state index is -0.321. The number of hydrogen-bond donors (Lipinski definition) is 7. The van der Waals surface area contributed by atoms with E-state index in [1.807, 2.05) is 58.9 Å². The summed E-state index contributed by atoms with van der Waals surface area (Å²) in [6.45, 7) is 11.8. The largest absolute Gasteiger partial charge is 0.512 e. The normalized spacial score (nSPS) is 22.1. The number of aliphatic imine (C=N–C) groups is 1. The molecular formula is C46H48N2O8. The van der Waals surface area contributed by atoms with Gasteiger partial charge in [0.15, 0.2) is 11.5 Å². The maximum atomic E-state index is 12.5. The van der Waals surface area contributed by atoms with Crippen LogP contribution in [0.3, 0.4) is 0 Å². The highest BCUT2D eigenvalue weighted by Crippen LogP contribution is 2.56. The van der Waals surface area contributed by atoms with Crippen LogP contribution >= 0.6 is 0 Å². The summed E-state index contributed by atoms with van der Waals surface area (Å²) in [7, 11) is 3.05. The number of ether oxygens (including phenoxy) is 2. The van der Waals surface area contributed by atoms with Gasteiger partial charge in [-0.25, -0.2) is 0 Å². The number of nitrogens with one attached hydrogen (secondary N) is 1. The molecule has 2 aliphatic heterocycles. The van der Waals surface area contributed by atoms with E-state index in [9.17, 15) is 30.6 Å². The van der Waals surface area contributed by atoms with Crippen LogP contribution in [0.2, 0.25) is 0 Å². The highest BCUT2D eigenvalue weighted by Gasteiger charge is 2.43. The van der Waals surface area contributed by atoms with E-state index in [1.54, 1.807) is 12.1 Å². The van der Waals surface area contributed by atoms with Crippen molar-refractivity contribution in [2.75, 3.05) is 14.2 Å². The summed E-state index contributed by atoms with van der Waals surface area (Å²) in [6, 6.07) is 12.4. The maximum absolute atomic E-state index is 12.5. The average Bonchev–Trinajstić information content (AvgIpc) is 3.13. The van der Waals surface area contributed by atoms with Crippen molar-refractivity contribution in [1.82, 2.24) is 5.32 Å². The van der Waals surface area contributed by atoms with E-state index in [4.69, 9.17) is 14.5 Å². The molecule has 7 N–H and O–H groups in total. The lowest BCUT2D eigenvalue weighted by atomic mass is 9.68. The fourth-order valence-electron chi connectivity index (χ4n) is 9.79. The Hall–Kier alpha value is -5.87. The molecule has 0 spiro atoms. The molecule has 10 heteroatoms. The number of benzene rings is 5. The summed E-state index contributed by atoms with van der Waals surface area (Å²) in [5.74, 6) is -0.764. The van der Waals surface area contributed by atoms with Crippen molar-refractivity contribution < 1.29 is 40.1 Å². The molecule has 0 saturated carbocycles. The Morgan fingerprint density at radius 1 is 0.679 bits per heavy atom. The maximum Gasteiger partial charge on any atom is 0.165 e. The van der Waals surface area contributed by atoms with Crippen LogP contribution in [0.4, 0.5) is 0 Å². The fraction of sp³-hybridized carbons (Fsp3) is 0.326. The number of phenolic OH excluding ortho intramolecular Hbond substituents is 4. The summed E-state index contributed by atoms with van der Waals surface area (Å²) in [5, 5.41) is 76.3. The molecule has 290 valence electrons. The minimum Gasteiger partial charge on any atom is -0.512 e. The Bertz CT molecular complexity index is 2600. The highest BCUT2D eigenvalue weighted by molar-refractivity contribution is 6.13. The number of rotatable bonds is 5. The zero-order valence-corrected chi connectivity index (χ0v) is 32.9. The van der Waals surface area contributed by atoms with Gasteiger partial charge >= 0.3 is 0 Å². The van der Waals surface area contributed by atoms with Crippen molar-refractivity contribution in [2.45, 2.75) is 72.5 Å². The molecule has 0 bridgehead atoms. The number of allylic oxidation sites excluding steroid dienone is 2. The molecule has 1 aliphatic carbocycles. The van der Waals surface area contributed by atoms with Crippen molar-refractivity contribution in [1.29, 1.82) is 0 Å². The van der Waals surface area contributed by atoms with E-state index < -0.39 is 0 Å². The first-order chi connectivity index (χ1) is 26.6. The van der Waals surface area contributed by atoms with Crippen LogP contribution in [0.15, 0.2) is 65.1 Å². The van der Waals surface area contributed by atoms with Crippen LogP contribution in [0.1, 0.15) is 61.9 Å². The summed E-state index contributed by atoms with van der Waals surface area (Å²) in [6.07, 6.45) is 2.52. The molecule has 1 fully saturated rings. The van der Waals surface area contributed by atoms with Crippen molar-refractivity contribution >= 4 is 32.8 Å². The molecule has 8 rings (SSSR count). The Morgan fingerprint density at radius 3 is 1.84 bits per heavy atom. The van der Waals surface area contributed by atoms with Crippen molar-refractivity contribution in [3.05, 3.63) is 87.9 Å².